The number of phenols is 1. The van der Waals surface area contributed by atoms with Gasteiger partial charge in [0.25, 0.3) is 5.91 Å². The highest BCUT2D eigenvalue weighted by molar-refractivity contribution is 6.03. The minimum Gasteiger partial charge on any atom is -0.507 e. The zero-order chi connectivity index (χ0) is 21.4. The Hall–Kier alpha value is -3.35. The van der Waals surface area contributed by atoms with Crippen LogP contribution in [0.15, 0.2) is 36.4 Å². The first-order valence-corrected chi connectivity index (χ1v) is 10.3. The van der Waals surface area contributed by atoms with Gasteiger partial charge in [-0.05, 0) is 36.5 Å². The molecule has 30 heavy (non-hydrogen) atoms. The molecule has 1 aliphatic rings. The molecular formula is C23H26N4O3. The number of amides is 2. The van der Waals surface area contributed by atoms with Gasteiger partial charge < -0.3 is 15.3 Å². The predicted molar refractivity (Wildman–Crippen MR) is 114 cm³/mol. The maximum absolute atomic E-state index is 13.5. The van der Waals surface area contributed by atoms with E-state index in [1.165, 1.54) is 11.0 Å². The number of aromatic nitrogens is 2. The Balaban J connectivity index is 1.75. The first-order chi connectivity index (χ1) is 14.4. The van der Waals surface area contributed by atoms with E-state index < -0.39 is 6.04 Å². The van der Waals surface area contributed by atoms with Crippen LogP contribution >= 0.6 is 0 Å². The SMILES string of the molecule is CCNC(=O)C1c2ccccc2CN1C(=O)c1cc2c(CC(C)C)n[nH]c2cc1O. The van der Waals surface area contributed by atoms with Crippen molar-refractivity contribution in [3.8, 4) is 5.75 Å². The van der Waals surface area contributed by atoms with E-state index in [4.69, 9.17) is 0 Å². The molecule has 7 heteroatoms. The Bertz CT molecular complexity index is 1120. The highest BCUT2D eigenvalue weighted by atomic mass is 16.3. The number of hydrogen-bond donors (Lipinski definition) is 3. The predicted octanol–water partition coefficient (Wildman–Crippen LogP) is 3.30. The van der Waals surface area contributed by atoms with Crippen molar-refractivity contribution in [2.24, 2.45) is 5.92 Å². The third kappa shape index (κ3) is 3.40. The van der Waals surface area contributed by atoms with Crippen LogP contribution in [0.3, 0.4) is 0 Å². The van der Waals surface area contributed by atoms with Gasteiger partial charge in [0.2, 0.25) is 5.91 Å². The number of H-pyrrole nitrogens is 1. The molecule has 0 saturated carbocycles. The molecule has 2 amide bonds. The fourth-order valence-electron chi connectivity index (χ4n) is 4.11. The summed E-state index contributed by atoms with van der Waals surface area (Å²) in [4.78, 5) is 27.8. The van der Waals surface area contributed by atoms with Crippen molar-refractivity contribution in [1.29, 1.82) is 0 Å². The van der Waals surface area contributed by atoms with Crippen LogP contribution in [0.1, 0.15) is 54.0 Å². The number of hydrogen-bond acceptors (Lipinski definition) is 4. The molecule has 1 aromatic heterocycles. The summed E-state index contributed by atoms with van der Waals surface area (Å²) in [6.07, 6.45) is 0.759. The minimum atomic E-state index is -0.719. The van der Waals surface area contributed by atoms with Gasteiger partial charge in [-0.2, -0.15) is 5.10 Å². The number of aromatic amines is 1. The van der Waals surface area contributed by atoms with Crippen LogP contribution in [-0.4, -0.2) is 38.6 Å². The summed E-state index contributed by atoms with van der Waals surface area (Å²) in [5, 5.41) is 21.5. The Labute approximate surface area is 175 Å². The van der Waals surface area contributed by atoms with Crippen molar-refractivity contribution in [2.45, 2.75) is 39.8 Å². The Morgan fingerprint density at radius 2 is 2.07 bits per heavy atom. The summed E-state index contributed by atoms with van der Waals surface area (Å²) in [5.41, 5.74) is 3.48. The van der Waals surface area contributed by atoms with E-state index in [2.05, 4.69) is 29.4 Å². The van der Waals surface area contributed by atoms with E-state index in [0.717, 1.165) is 28.6 Å². The zero-order valence-electron chi connectivity index (χ0n) is 17.4. The second-order valence-electron chi connectivity index (χ2n) is 8.11. The summed E-state index contributed by atoms with van der Waals surface area (Å²) < 4.78 is 0. The minimum absolute atomic E-state index is 0.127. The molecule has 7 nitrogen and oxygen atoms in total. The lowest BCUT2D eigenvalue weighted by molar-refractivity contribution is -0.125. The molecule has 4 rings (SSSR count). The van der Waals surface area contributed by atoms with E-state index in [9.17, 15) is 14.7 Å². The van der Waals surface area contributed by atoms with E-state index in [1.54, 1.807) is 6.07 Å². The van der Waals surface area contributed by atoms with Crippen LogP contribution < -0.4 is 5.32 Å². The third-order valence-corrected chi connectivity index (χ3v) is 5.45. The summed E-state index contributed by atoms with van der Waals surface area (Å²) in [6.45, 7) is 6.85. The molecule has 2 heterocycles. The first kappa shape index (κ1) is 19.9. The summed E-state index contributed by atoms with van der Waals surface area (Å²) in [5.74, 6) is -0.323. The van der Waals surface area contributed by atoms with Crippen molar-refractivity contribution < 1.29 is 14.7 Å². The monoisotopic (exact) mass is 406 g/mol. The molecule has 0 fully saturated rings. The number of nitrogens with zero attached hydrogens (tertiary/aromatic N) is 2. The molecule has 0 aliphatic carbocycles. The fourth-order valence-corrected chi connectivity index (χ4v) is 4.11. The molecule has 3 aromatic rings. The van der Waals surface area contributed by atoms with E-state index >= 15 is 0 Å². The second-order valence-corrected chi connectivity index (χ2v) is 8.11. The Morgan fingerprint density at radius 3 is 2.80 bits per heavy atom. The number of carbonyl (C=O) groups is 2. The van der Waals surface area contributed by atoms with Crippen LogP contribution in [-0.2, 0) is 17.8 Å². The lowest BCUT2D eigenvalue weighted by Crippen LogP contribution is -2.39. The lowest BCUT2D eigenvalue weighted by atomic mass is 10.0. The number of rotatable bonds is 5. The molecule has 1 aliphatic heterocycles. The number of nitrogens with one attached hydrogen (secondary N) is 2. The van der Waals surface area contributed by atoms with Crippen LogP contribution in [0.25, 0.3) is 10.9 Å². The fraction of sp³-hybridized carbons (Fsp3) is 0.348. The van der Waals surface area contributed by atoms with Gasteiger partial charge in [0, 0.05) is 24.5 Å². The van der Waals surface area contributed by atoms with Crippen LogP contribution in [0, 0.1) is 5.92 Å². The highest BCUT2D eigenvalue weighted by Crippen LogP contribution is 2.37. The van der Waals surface area contributed by atoms with E-state index in [-0.39, 0.29) is 23.1 Å². The highest BCUT2D eigenvalue weighted by Gasteiger charge is 2.39. The van der Waals surface area contributed by atoms with Gasteiger partial charge in [-0.3, -0.25) is 14.7 Å². The quantitative estimate of drug-likeness (QED) is 0.605. The molecule has 0 saturated heterocycles. The van der Waals surface area contributed by atoms with Crippen LogP contribution in [0.4, 0.5) is 0 Å². The zero-order valence-corrected chi connectivity index (χ0v) is 17.4. The number of carbonyl (C=O) groups excluding carboxylic acids is 2. The molecule has 0 radical (unpaired) electrons. The van der Waals surface area contributed by atoms with Crippen LogP contribution in [0.2, 0.25) is 0 Å². The smallest absolute Gasteiger partial charge is 0.258 e. The maximum Gasteiger partial charge on any atom is 0.258 e. The van der Waals surface area contributed by atoms with Gasteiger partial charge in [-0.15, -0.1) is 0 Å². The van der Waals surface area contributed by atoms with Gasteiger partial charge in [0.1, 0.15) is 11.8 Å². The molecule has 3 N–H and O–H groups in total. The molecular weight excluding hydrogens is 380 g/mol. The Kier molecular flexibility index (Phi) is 5.20. The Morgan fingerprint density at radius 1 is 1.30 bits per heavy atom. The molecule has 0 spiro atoms. The van der Waals surface area contributed by atoms with Crippen molar-refractivity contribution in [3.63, 3.8) is 0 Å². The van der Waals surface area contributed by atoms with Gasteiger partial charge in [0.05, 0.1) is 16.8 Å². The second kappa shape index (κ2) is 7.82. The lowest BCUT2D eigenvalue weighted by Gasteiger charge is -2.25. The van der Waals surface area contributed by atoms with Gasteiger partial charge in [-0.25, -0.2) is 0 Å². The standard InChI is InChI=1S/C23H26N4O3/c1-4-24-22(29)21-15-8-6-5-7-14(15)12-27(21)23(30)17-10-16-18(9-13(2)3)25-26-19(16)11-20(17)28/h5-8,10-11,13,21,28H,4,9,12H2,1-3H3,(H,24,29)(H,25,26). The average molecular weight is 406 g/mol. The largest absolute Gasteiger partial charge is 0.507 e. The van der Waals surface area contributed by atoms with Crippen molar-refractivity contribution >= 4 is 22.7 Å². The molecule has 1 unspecified atom stereocenters. The summed E-state index contributed by atoms with van der Waals surface area (Å²) >= 11 is 0. The number of benzene rings is 2. The van der Waals surface area contributed by atoms with E-state index in [1.807, 2.05) is 31.2 Å². The average Bonchev–Trinajstić information content (AvgIpc) is 3.27. The first-order valence-electron chi connectivity index (χ1n) is 10.3. The normalized spacial score (nSPS) is 15.6. The number of aromatic hydroxyl groups is 1. The number of fused-ring (bicyclic) bond motifs is 2. The topological polar surface area (TPSA) is 98.3 Å². The van der Waals surface area contributed by atoms with Crippen LogP contribution in [0.5, 0.6) is 5.75 Å². The van der Waals surface area contributed by atoms with Crippen molar-refractivity contribution in [3.05, 3.63) is 58.8 Å². The number of likely N-dealkylation sites (N-methyl/N-ethyl adjacent to an activating group) is 1. The molecule has 156 valence electrons. The van der Waals surface area contributed by atoms with Crippen molar-refractivity contribution in [1.82, 2.24) is 20.4 Å². The molecule has 1 atom stereocenters. The van der Waals surface area contributed by atoms with Gasteiger partial charge >= 0.3 is 0 Å². The third-order valence-electron chi connectivity index (χ3n) is 5.45. The molecule has 2 aromatic carbocycles. The number of phenolic OH excluding ortho intramolecular Hbond substituents is 1. The van der Waals surface area contributed by atoms with Gasteiger partial charge in [0.15, 0.2) is 0 Å². The van der Waals surface area contributed by atoms with Gasteiger partial charge in [-0.1, -0.05) is 38.1 Å². The summed E-state index contributed by atoms with van der Waals surface area (Å²) in [6, 6.07) is 10.1. The molecule has 0 bridgehead atoms. The van der Waals surface area contributed by atoms with Crippen molar-refractivity contribution in [2.75, 3.05) is 6.54 Å². The summed E-state index contributed by atoms with van der Waals surface area (Å²) in [7, 11) is 0. The maximum atomic E-state index is 13.5. The van der Waals surface area contributed by atoms with E-state index in [0.29, 0.717) is 24.5 Å².